The minimum absolute atomic E-state index is 0.127. The Morgan fingerprint density at radius 3 is 2.70 bits per heavy atom. The van der Waals surface area contributed by atoms with E-state index in [2.05, 4.69) is 4.72 Å². The third kappa shape index (κ3) is 4.65. The predicted octanol–water partition coefficient (Wildman–Crippen LogP) is 4.33. The van der Waals surface area contributed by atoms with Gasteiger partial charge in [0.2, 0.25) is 0 Å². The van der Waals surface area contributed by atoms with Gasteiger partial charge in [0.05, 0.1) is 16.3 Å². The van der Waals surface area contributed by atoms with E-state index < -0.39 is 22.9 Å². The van der Waals surface area contributed by atoms with Crippen molar-refractivity contribution in [3.63, 3.8) is 0 Å². The molecule has 0 radical (unpaired) electrons. The Kier molecular flexibility index (Phi) is 5.96. The summed E-state index contributed by atoms with van der Waals surface area (Å²) in [5.41, 5.74) is 0.933. The first-order valence-electron chi connectivity index (χ1n) is 6.08. The van der Waals surface area contributed by atoms with Crippen molar-refractivity contribution in [2.24, 2.45) is 0 Å². The molecule has 0 aliphatic carbocycles. The van der Waals surface area contributed by atoms with E-state index in [0.717, 1.165) is 23.9 Å². The molecule has 2 rings (SSSR count). The number of hydrogen-bond acceptors (Lipinski definition) is 3. The molecule has 2 aromatic carbocycles. The van der Waals surface area contributed by atoms with Crippen LogP contribution < -0.4 is 4.72 Å². The SMILES string of the molecule is N#Cc1cc(CSc2ccc(F)cc2F)c(NS(=O)O)cc1Cl. The van der Waals surface area contributed by atoms with E-state index in [4.69, 9.17) is 21.4 Å². The van der Waals surface area contributed by atoms with Crippen molar-refractivity contribution in [1.29, 1.82) is 5.26 Å². The minimum Gasteiger partial charge on any atom is -0.289 e. The lowest BCUT2D eigenvalue weighted by molar-refractivity contribution is 0.565. The average Bonchev–Trinajstić information content (AvgIpc) is 2.47. The first-order valence-corrected chi connectivity index (χ1v) is 8.55. The minimum atomic E-state index is -2.32. The lowest BCUT2D eigenvalue weighted by Gasteiger charge is -2.11. The van der Waals surface area contributed by atoms with Crippen LogP contribution in [0.2, 0.25) is 5.02 Å². The molecular formula is C14H9ClF2N2O2S2. The van der Waals surface area contributed by atoms with Gasteiger partial charge in [-0.2, -0.15) is 5.26 Å². The lowest BCUT2D eigenvalue weighted by Crippen LogP contribution is -2.05. The standard InChI is InChI=1S/C14H9ClF2N2O2S2/c15-11-5-13(19-23(20)21)9(3-8(11)6-18)7-22-14-2-1-10(16)4-12(14)17/h1-5,19H,7H2,(H,20,21). The Morgan fingerprint density at radius 1 is 1.35 bits per heavy atom. The molecule has 0 amide bonds. The monoisotopic (exact) mass is 374 g/mol. The van der Waals surface area contributed by atoms with Crippen molar-refractivity contribution in [3.05, 3.63) is 58.1 Å². The molecule has 0 aliphatic heterocycles. The normalized spacial score (nSPS) is 11.8. The van der Waals surface area contributed by atoms with E-state index in [-0.39, 0.29) is 26.9 Å². The largest absolute Gasteiger partial charge is 0.289 e. The second kappa shape index (κ2) is 7.75. The number of thioether (sulfide) groups is 1. The Labute approximate surface area is 142 Å². The quantitative estimate of drug-likeness (QED) is 0.603. The van der Waals surface area contributed by atoms with Crippen LogP contribution in [0, 0.1) is 23.0 Å². The molecule has 0 saturated heterocycles. The molecule has 0 bridgehead atoms. The van der Waals surface area contributed by atoms with Crippen molar-refractivity contribution in [2.45, 2.75) is 10.6 Å². The molecule has 0 saturated carbocycles. The molecule has 1 unspecified atom stereocenters. The molecule has 0 spiro atoms. The van der Waals surface area contributed by atoms with Gasteiger partial charge < -0.3 is 0 Å². The maximum Gasteiger partial charge on any atom is 0.259 e. The van der Waals surface area contributed by atoms with E-state index in [9.17, 15) is 13.0 Å². The summed E-state index contributed by atoms with van der Waals surface area (Å²) in [6.07, 6.45) is 0. The van der Waals surface area contributed by atoms with Crippen LogP contribution in [-0.4, -0.2) is 8.76 Å². The van der Waals surface area contributed by atoms with Crippen LogP contribution in [0.5, 0.6) is 0 Å². The number of benzene rings is 2. The summed E-state index contributed by atoms with van der Waals surface area (Å²) in [7, 11) is 0. The Hall–Kier alpha value is -1.66. The summed E-state index contributed by atoms with van der Waals surface area (Å²) < 4.78 is 48.7. The Balaban J connectivity index is 2.30. The zero-order valence-corrected chi connectivity index (χ0v) is 13.7. The van der Waals surface area contributed by atoms with Crippen molar-refractivity contribution < 1.29 is 17.5 Å². The van der Waals surface area contributed by atoms with Crippen molar-refractivity contribution in [1.82, 2.24) is 0 Å². The summed E-state index contributed by atoms with van der Waals surface area (Å²) in [5, 5.41) is 9.13. The highest BCUT2D eigenvalue weighted by atomic mass is 35.5. The molecule has 0 fully saturated rings. The molecule has 120 valence electrons. The van der Waals surface area contributed by atoms with Crippen LogP contribution in [0.4, 0.5) is 14.5 Å². The van der Waals surface area contributed by atoms with Crippen molar-refractivity contribution >= 4 is 40.3 Å². The highest BCUT2D eigenvalue weighted by Crippen LogP contribution is 2.32. The van der Waals surface area contributed by atoms with Gasteiger partial charge in [0.25, 0.3) is 11.3 Å². The fourth-order valence-electron chi connectivity index (χ4n) is 1.76. The number of hydrogen-bond donors (Lipinski definition) is 2. The van der Waals surface area contributed by atoms with Gasteiger partial charge in [0, 0.05) is 16.7 Å². The highest BCUT2D eigenvalue weighted by Gasteiger charge is 2.12. The topological polar surface area (TPSA) is 73.1 Å². The highest BCUT2D eigenvalue weighted by molar-refractivity contribution is 7.98. The van der Waals surface area contributed by atoms with Crippen LogP contribution in [0.15, 0.2) is 35.2 Å². The zero-order valence-electron chi connectivity index (χ0n) is 11.3. The third-order valence-corrected chi connectivity index (χ3v) is 4.59. The average molecular weight is 375 g/mol. The molecule has 0 aromatic heterocycles. The Bertz CT molecular complexity index is 812. The van der Waals surface area contributed by atoms with Crippen molar-refractivity contribution in [2.75, 3.05) is 4.72 Å². The van der Waals surface area contributed by atoms with Crippen LogP contribution in [0.3, 0.4) is 0 Å². The summed E-state index contributed by atoms with van der Waals surface area (Å²) in [5.74, 6) is -1.19. The number of nitriles is 1. The summed E-state index contributed by atoms with van der Waals surface area (Å²) in [6.45, 7) is 0. The molecule has 0 aliphatic rings. The first kappa shape index (κ1) is 17.7. The van der Waals surface area contributed by atoms with E-state index in [1.807, 2.05) is 6.07 Å². The summed E-state index contributed by atoms with van der Waals surface area (Å²) in [6, 6.07) is 7.91. The zero-order chi connectivity index (χ0) is 17.0. The molecule has 9 heteroatoms. The van der Waals surface area contributed by atoms with E-state index in [0.29, 0.717) is 5.56 Å². The summed E-state index contributed by atoms with van der Waals surface area (Å²) in [4.78, 5) is 0.218. The molecule has 2 N–H and O–H groups in total. The number of nitrogens with zero attached hydrogens (tertiary/aromatic N) is 1. The van der Waals surface area contributed by atoms with E-state index >= 15 is 0 Å². The van der Waals surface area contributed by atoms with Gasteiger partial charge in [-0.25, -0.2) is 13.0 Å². The van der Waals surface area contributed by atoms with Gasteiger partial charge in [-0.05, 0) is 29.8 Å². The number of rotatable bonds is 5. The van der Waals surface area contributed by atoms with Gasteiger partial charge in [-0.3, -0.25) is 9.27 Å². The maximum atomic E-state index is 13.6. The molecule has 1 atom stereocenters. The smallest absolute Gasteiger partial charge is 0.259 e. The van der Waals surface area contributed by atoms with Gasteiger partial charge in [-0.15, -0.1) is 11.8 Å². The molecule has 23 heavy (non-hydrogen) atoms. The number of nitrogens with one attached hydrogen (secondary N) is 1. The fraction of sp³-hybridized carbons (Fsp3) is 0.0714. The summed E-state index contributed by atoms with van der Waals surface area (Å²) >= 11 is 4.63. The van der Waals surface area contributed by atoms with Gasteiger partial charge in [-0.1, -0.05) is 11.6 Å². The predicted molar refractivity (Wildman–Crippen MR) is 86.5 cm³/mol. The molecule has 2 aromatic rings. The molecule has 0 heterocycles. The third-order valence-electron chi connectivity index (χ3n) is 2.79. The van der Waals surface area contributed by atoms with E-state index in [1.54, 1.807) is 0 Å². The van der Waals surface area contributed by atoms with Crippen molar-refractivity contribution in [3.8, 4) is 6.07 Å². The second-order valence-electron chi connectivity index (χ2n) is 4.32. The number of anilines is 1. The maximum absolute atomic E-state index is 13.6. The number of halogens is 3. The molecular weight excluding hydrogens is 366 g/mol. The lowest BCUT2D eigenvalue weighted by atomic mass is 10.1. The second-order valence-corrected chi connectivity index (χ2v) is 6.44. The van der Waals surface area contributed by atoms with Crippen LogP contribution in [-0.2, 0) is 17.0 Å². The Morgan fingerprint density at radius 2 is 2.09 bits per heavy atom. The van der Waals surface area contributed by atoms with E-state index in [1.165, 1.54) is 18.2 Å². The first-order chi connectivity index (χ1) is 10.9. The fourth-order valence-corrected chi connectivity index (χ4v) is 3.26. The van der Waals surface area contributed by atoms with Crippen LogP contribution in [0.1, 0.15) is 11.1 Å². The van der Waals surface area contributed by atoms with Gasteiger partial charge >= 0.3 is 0 Å². The van der Waals surface area contributed by atoms with Crippen LogP contribution >= 0.6 is 23.4 Å². The van der Waals surface area contributed by atoms with Gasteiger partial charge in [0.1, 0.15) is 17.7 Å². The molecule has 4 nitrogen and oxygen atoms in total. The van der Waals surface area contributed by atoms with Crippen LogP contribution in [0.25, 0.3) is 0 Å². The van der Waals surface area contributed by atoms with Gasteiger partial charge in [0.15, 0.2) is 0 Å².